The van der Waals surface area contributed by atoms with Gasteiger partial charge in [0.1, 0.15) is 0 Å². The molecule has 0 aromatic heterocycles. The van der Waals surface area contributed by atoms with Gasteiger partial charge >= 0.3 is 0 Å². The normalized spacial score (nSPS) is 22.6. The standard InChI is InChI=1S/C13H17NO3S/c1-8-5-9(2)12(10(3)6-8)14-13(15)11(4)7-18(14,16)17/h5-6,11H,7H2,1-4H3. The third-order valence-electron chi connectivity index (χ3n) is 3.20. The van der Waals surface area contributed by atoms with E-state index < -0.39 is 15.9 Å². The smallest absolute Gasteiger partial charge is 0.244 e. The molecule has 5 heteroatoms. The minimum atomic E-state index is -3.51. The average Bonchev–Trinajstić information content (AvgIpc) is 2.38. The Bertz CT molecular complexity index is 596. The summed E-state index contributed by atoms with van der Waals surface area (Å²) < 4.78 is 25.1. The summed E-state index contributed by atoms with van der Waals surface area (Å²) in [6.45, 7) is 7.27. The molecule has 1 saturated heterocycles. The van der Waals surface area contributed by atoms with Gasteiger partial charge in [0.25, 0.3) is 0 Å². The molecule has 0 aliphatic carbocycles. The Morgan fingerprint density at radius 3 is 2.06 bits per heavy atom. The number of carbonyl (C=O) groups excluding carboxylic acids is 1. The number of hydrogen-bond donors (Lipinski definition) is 0. The third kappa shape index (κ3) is 1.92. The van der Waals surface area contributed by atoms with Gasteiger partial charge < -0.3 is 0 Å². The molecule has 0 N–H and O–H groups in total. The topological polar surface area (TPSA) is 54.5 Å². The highest BCUT2D eigenvalue weighted by Gasteiger charge is 2.43. The molecule has 1 atom stereocenters. The number of amides is 1. The molecule has 1 aromatic rings. The quantitative estimate of drug-likeness (QED) is 0.781. The summed E-state index contributed by atoms with van der Waals surface area (Å²) in [5, 5.41) is 0. The van der Waals surface area contributed by atoms with Gasteiger partial charge in [0, 0.05) is 0 Å². The van der Waals surface area contributed by atoms with Crippen LogP contribution in [0.3, 0.4) is 0 Å². The molecule has 1 aliphatic rings. The van der Waals surface area contributed by atoms with Crippen LogP contribution in [0, 0.1) is 26.7 Å². The van der Waals surface area contributed by atoms with Gasteiger partial charge in [-0.05, 0) is 31.9 Å². The number of hydrogen-bond acceptors (Lipinski definition) is 3. The van der Waals surface area contributed by atoms with Gasteiger partial charge in [-0.3, -0.25) is 4.79 Å². The van der Waals surface area contributed by atoms with E-state index in [0.29, 0.717) is 5.69 Å². The fraction of sp³-hybridized carbons (Fsp3) is 0.462. The number of rotatable bonds is 1. The summed E-state index contributed by atoms with van der Waals surface area (Å²) in [6, 6.07) is 3.79. The molecule has 18 heavy (non-hydrogen) atoms. The van der Waals surface area contributed by atoms with E-state index >= 15 is 0 Å². The van der Waals surface area contributed by atoms with E-state index in [0.717, 1.165) is 21.0 Å². The summed E-state index contributed by atoms with van der Waals surface area (Å²) in [5.74, 6) is -0.890. The summed E-state index contributed by atoms with van der Waals surface area (Å²) in [6.07, 6.45) is 0. The average molecular weight is 267 g/mol. The highest BCUT2D eigenvalue weighted by atomic mass is 32.2. The van der Waals surface area contributed by atoms with Crippen molar-refractivity contribution in [3.05, 3.63) is 28.8 Å². The lowest BCUT2D eigenvalue weighted by atomic mass is 10.0. The van der Waals surface area contributed by atoms with Gasteiger partial charge in [-0.2, -0.15) is 0 Å². The summed E-state index contributed by atoms with van der Waals surface area (Å²) in [5.41, 5.74) is 3.22. The lowest BCUT2D eigenvalue weighted by molar-refractivity contribution is -0.119. The first-order valence-electron chi connectivity index (χ1n) is 5.88. The Kier molecular flexibility index (Phi) is 2.97. The third-order valence-corrected chi connectivity index (χ3v) is 5.04. The van der Waals surface area contributed by atoms with Crippen LogP contribution in [0.2, 0.25) is 0 Å². The Morgan fingerprint density at radius 1 is 1.17 bits per heavy atom. The molecule has 1 fully saturated rings. The molecule has 0 spiro atoms. The van der Waals surface area contributed by atoms with Gasteiger partial charge in [0.15, 0.2) is 0 Å². The SMILES string of the molecule is Cc1cc(C)c(N2C(=O)C(C)CS2(=O)=O)c(C)c1. The van der Waals surface area contributed by atoms with E-state index in [4.69, 9.17) is 0 Å². The van der Waals surface area contributed by atoms with Crippen molar-refractivity contribution < 1.29 is 13.2 Å². The van der Waals surface area contributed by atoms with Crippen molar-refractivity contribution >= 4 is 21.6 Å². The van der Waals surface area contributed by atoms with E-state index in [-0.39, 0.29) is 11.7 Å². The molecule has 2 rings (SSSR count). The van der Waals surface area contributed by atoms with Crippen molar-refractivity contribution in [2.75, 3.05) is 10.1 Å². The van der Waals surface area contributed by atoms with Crippen molar-refractivity contribution in [1.29, 1.82) is 0 Å². The van der Waals surface area contributed by atoms with Crippen molar-refractivity contribution in [3.63, 3.8) is 0 Å². The number of carbonyl (C=O) groups is 1. The molecular weight excluding hydrogens is 250 g/mol. The van der Waals surface area contributed by atoms with Gasteiger partial charge in [0.05, 0.1) is 17.4 Å². The lowest BCUT2D eigenvalue weighted by Crippen LogP contribution is -2.31. The van der Waals surface area contributed by atoms with Crippen LogP contribution in [0.5, 0.6) is 0 Å². The molecule has 1 heterocycles. The maximum Gasteiger partial charge on any atom is 0.244 e. The van der Waals surface area contributed by atoms with Crippen LogP contribution >= 0.6 is 0 Å². The van der Waals surface area contributed by atoms with Crippen LogP contribution in [0.4, 0.5) is 5.69 Å². The number of aryl methyl sites for hydroxylation is 3. The zero-order chi connectivity index (χ0) is 13.7. The fourth-order valence-electron chi connectivity index (χ4n) is 2.54. The largest absolute Gasteiger partial charge is 0.273 e. The summed E-state index contributed by atoms with van der Waals surface area (Å²) in [4.78, 5) is 12.1. The number of benzene rings is 1. The number of anilines is 1. The lowest BCUT2D eigenvalue weighted by Gasteiger charge is -2.20. The predicted octanol–water partition coefficient (Wildman–Crippen LogP) is 1.92. The van der Waals surface area contributed by atoms with Gasteiger partial charge in [-0.15, -0.1) is 0 Å². The molecule has 98 valence electrons. The molecular formula is C13H17NO3S. The van der Waals surface area contributed by atoms with Gasteiger partial charge in [-0.1, -0.05) is 24.6 Å². The first kappa shape index (κ1) is 13.1. The van der Waals surface area contributed by atoms with Crippen LogP contribution < -0.4 is 4.31 Å². The molecule has 1 aliphatic heterocycles. The molecule has 0 saturated carbocycles. The second kappa shape index (κ2) is 4.09. The number of nitrogens with zero attached hydrogens (tertiary/aromatic N) is 1. The van der Waals surface area contributed by atoms with Crippen LogP contribution in [-0.2, 0) is 14.8 Å². The van der Waals surface area contributed by atoms with Crippen molar-refractivity contribution in [2.45, 2.75) is 27.7 Å². The van der Waals surface area contributed by atoms with E-state index in [1.54, 1.807) is 6.92 Å². The van der Waals surface area contributed by atoms with Crippen LogP contribution in [0.25, 0.3) is 0 Å². The molecule has 1 aromatic carbocycles. The zero-order valence-corrected chi connectivity index (χ0v) is 11.8. The molecule has 1 unspecified atom stereocenters. The Labute approximate surface area is 108 Å². The van der Waals surface area contributed by atoms with Crippen molar-refractivity contribution in [3.8, 4) is 0 Å². The van der Waals surface area contributed by atoms with E-state index in [1.807, 2.05) is 32.9 Å². The first-order valence-corrected chi connectivity index (χ1v) is 7.49. The van der Waals surface area contributed by atoms with Gasteiger partial charge in [0.2, 0.25) is 15.9 Å². The molecule has 4 nitrogen and oxygen atoms in total. The first-order chi connectivity index (χ1) is 8.24. The van der Waals surface area contributed by atoms with Crippen molar-refractivity contribution in [2.24, 2.45) is 5.92 Å². The van der Waals surface area contributed by atoms with Crippen LogP contribution in [-0.4, -0.2) is 20.1 Å². The van der Waals surface area contributed by atoms with Crippen LogP contribution in [0.15, 0.2) is 12.1 Å². The fourth-order valence-corrected chi connectivity index (χ4v) is 4.48. The summed E-state index contributed by atoms with van der Waals surface area (Å²) >= 11 is 0. The second-order valence-corrected chi connectivity index (χ2v) is 6.89. The van der Waals surface area contributed by atoms with E-state index in [9.17, 15) is 13.2 Å². The molecule has 1 amide bonds. The Hall–Kier alpha value is -1.36. The molecule has 0 bridgehead atoms. The minimum absolute atomic E-state index is 0.0986. The monoisotopic (exact) mass is 267 g/mol. The Morgan fingerprint density at radius 2 is 1.67 bits per heavy atom. The second-order valence-electron chi connectivity index (χ2n) is 5.03. The van der Waals surface area contributed by atoms with E-state index in [1.165, 1.54) is 0 Å². The summed E-state index contributed by atoms with van der Waals surface area (Å²) in [7, 11) is -3.51. The maximum absolute atomic E-state index is 12.1. The molecule has 0 radical (unpaired) electrons. The van der Waals surface area contributed by atoms with Crippen LogP contribution in [0.1, 0.15) is 23.6 Å². The zero-order valence-electron chi connectivity index (χ0n) is 11.0. The van der Waals surface area contributed by atoms with Gasteiger partial charge in [-0.25, -0.2) is 12.7 Å². The van der Waals surface area contributed by atoms with E-state index in [2.05, 4.69) is 0 Å². The predicted molar refractivity (Wildman–Crippen MR) is 71.1 cm³/mol. The Balaban J connectivity index is 2.66. The highest BCUT2D eigenvalue weighted by molar-refractivity contribution is 7.94. The highest BCUT2D eigenvalue weighted by Crippen LogP contribution is 2.33. The number of sulfonamides is 1. The minimum Gasteiger partial charge on any atom is -0.273 e. The maximum atomic E-state index is 12.1. The van der Waals surface area contributed by atoms with Crippen molar-refractivity contribution in [1.82, 2.24) is 0 Å².